The molecule has 2 aromatic carbocycles. The average molecular weight is 429 g/mol. The number of aromatic nitrogens is 2. The van der Waals surface area contributed by atoms with Gasteiger partial charge in [-0.25, -0.2) is 18.2 Å². The minimum absolute atomic E-state index is 0.0903. The first-order valence-corrected chi connectivity index (χ1v) is 10.8. The number of hydrogen-bond donors (Lipinski definition) is 2. The SMILES string of the molecule is CCOc1cc(CNS(=O)(=O)c2cc(-c3ccc(=O)[nH]n3)ccc2C)ccc1OC. The highest BCUT2D eigenvalue weighted by molar-refractivity contribution is 7.89. The zero-order chi connectivity index (χ0) is 21.7. The van der Waals surface area contributed by atoms with Crippen molar-refractivity contribution in [3.63, 3.8) is 0 Å². The van der Waals surface area contributed by atoms with Gasteiger partial charge in [-0.15, -0.1) is 0 Å². The van der Waals surface area contributed by atoms with Gasteiger partial charge in [0.2, 0.25) is 10.0 Å². The van der Waals surface area contributed by atoms with Crippen LogP contribution in [-0.4, -0.2) is 32.3 Å². The van der Waals surface area contributed by atoms with Crippen LogP contribution in [0.2, 0.25) is 0 Å². The van der Waals surface area contributed by atoms with Gasteiger partial charge in [-0.1, -0.05) is 18.2 Å². The van der Waals surface area contributed by atoms with Crippen molar-refractivity contribution in [2.75, 3.05) is 13.7 Å². The van der Waals surface area contributed by atoms with Gasteiger partial charge in [-0.2, -0.15) is 5.10 Å². The molecular weight excluding hydrogens is 406 g/mol. The molecule has 0 saturated carbocycles. The fraction of sp³-hybridized carbons (Fsp3) is 0.238. The summed E-state index contributed by atoms with van der Waals surface area (Å²) in [5, 5.41) is 6.31. The fourth-order valence-electron chi connectivity index (χ4n) is 2.91. The first-order valence-electron chi connectivity index (χ1n) is 9.30. The molecule has 0 spiro atoms. The largest absolute Gasteiger partial charge is 0.493 e. The van der Waals surface area contributed by atoms with Crippen molar-refractivity contribution in [2.24, 2.45) is 0 Å². The molecular formula is C21H23N3O5S. The Bertz CT molecular complexity index is 1190. The second-order valence-corrected chi connectivity index (χ2v) is 8.26. The number of nitrogens with one attached hydrogen (secondary N) is 2. The lowest BCUT2D eigenvalue weighted by molar-refractivity contribution is 0.310. The van der Waals surface area contributed by atoms with Gasteiger partial charge in [0.15, 0.2) is 11.5 Å². The molecule has 8 nitrogen and oxygen atoms in total. The summed E-state index contributed by atoms with van der Waals surface area (Å²) in [5.41, 5.74) is 2.06. The molecule has 0 amide bonds. The van der Waals surface area contributed by atoms with E-state index in [1.165, 1.54) is 12.1 Å². The highest BCUT2D eigenvalue weighted by Gasteiger charge is 2.18. The summed E-state index contributed by atoms with van der Waals surface area (Å²) in [6, 6.07) is 13.1. The van der Waals surface area contributed by atoms with E-state index in [1.807, 2.05) is 6.92 Å². The Morgan fingerprint density at radius 2 is 1.87 bits per heavy atom. The summed E-state index contributed by atoms with van der Waals surface area (Å²) in [4.78, 5) is 11.4. The van der Waals surface area contributed by atoms with Gasteiger partial charge in [0.05, 0.1) is 24.3 Å². The molecule has 158 valence electrons. The van der Waals surface area contributed by atoms with E-state index in [9.17, 15) is 13.2 Å². The molecule has 0 unspecified atom stereocenters. The van der Waals surface area contributed by atoms with E-state index in [4.69, 9.17) is 9.47 Å². The lowest BCUT2D eigenvalue weighted by atomic mass is 10.1. The number of benzene rings is 2. The molecule has 30 heavy (non-hydrogen) atoms. The van der Waals surface area contributed by atoms with Crippen molar-refractivity contribution in [1.29, 1.82) is 0 Å². The van der Waals surface area contributed by atoms with Crippen LogP contribution in [0.5, 0.6) is 11.5 Å². The monoisotopic (exact) mass is 429 g/mol. The van der Waals surface area contributed by atoms with Crippen LogP contribution in [0.3, 0.4) is 0 Å². The smallest absolute Gasteiger partial charge is 0.264 e. The average Bonchev–Trinajstić information content (AvgIpc) is 2.73. The van der Waals surface area contributed by atoms with Crippen LogP contribution in [0.1, 0.15) is 18.1 Å². The Morgan fingerprint density at radius 1 is 1.07 bits per heavy atom. The number of H-pyrrole nitrogens is 1. The highest BCUT2D eigenvalue weighted by Crippen LogP contribution is 2.28. The summed E-state index contributed by atoms with van der Waals surface area (Å²) < 4.78 is 39.3. The maximum atomic E-state index is 13.0. The molecule has 0 bridgehead atoms. The van der Waals surface area contributed by atoms with Gasteiger partial charge in [-0.05, 0) is 49.2 Å². The number of rotatable bonds is 8. The van der Waals surface area contributed by atoms with Gasteiger partial charge in [0.1, 0.15) is 0 Å². The zero-order valence-electron chi connectivity index (χ0n) is 16.9. The van der Waals surface area contributed by atoms with E-state index in [2.05, 4.69) is 14.9 Å². The molecule has 9 heteroatoms. The summed E-state index contributed by atoms with van der Waals surface area (Å²) in [5.74, 6) is 1.14. The van der Waals surface area contributed by atoms with Crippen LogP contribution in [-0.2, 0) is 16.6 Å². The predicted octanol–water partition coefficient (Wildman–Crippen LogP) is 2.63. The minimum atomic E-state index is -3.79. The van der Waals surface area contributed by atoms with E-state index in [-0.39, 0.29) is 17.0 Å². The van der Waals surface area contributed by atoms with Gasteiger partial charge in [-0.3, -0.25) is 4.79 Å². The van der Waals surface area contributed by atoms with Crippen molar-refractivity contribution in [3.8, 4) is 22.8 Å². The van der Waals surface area contributed by atoms with Crippen molar-refractivity contribution in [1.82, 2.24) is 14.9 Å². The molecule has 0 aliphatic carbocycles. The van der Waals surface area contributed by atoms with Crippen LogP contribution in [0.4, 0.5) is 0 Å². The molecule has 0 fully saturated rings. The van der Waals surface area contributed by atoms with E-state index in [0.717, 1.165) is 5.56 Å². The maximum Gasteiger partial charge on any atom is 0.264 e. The normalized spacial score (nSPS) is 11.3. The topological polar surface area (TPSA) is 110 Å². The molecule has 2 N–H and O–H groups in total. The van der Waals surface area contributed by atoms with Crippen LogP contribution in [0.15, 0.2) is 58.2 Å². The Hall–Kier alpha value is -3.17. The molecule has 3 rings (SSSR count). The first kappa shape index (κ1) is 21.5. The third kappa shape index (κ3) is 4.87. The van der Waals surface area contributed by atoms with E-state index in [1.54, 1.807) is 50.4 Å². The summed E-state index contributed by atoms with van der Waals surface area (Å²) in [6.45, 7) is 4.14. The maximum absolute atomic E-state index is 13.0. The van der Waals surface area contributed by atoms with Gasteiger partial charge in [0.25, 0.3) is 5.56 Å². The molecule has 0 aliphatic rings. The van der Waals surface area contributed by atoms with Crippen LogP contribution in [0.25, 0.3) is 11.3 Å². The van der Waals surface area contributed by atoms with Crippen LogP contribution < -0.4 is 19.8 Å². The molecule has 0 radical (unpaired) electrons. The second-order valence-electron chi connectivity index (χ2n) is 6.53. The quantitative estimate of drug-likeness (QED) is 0.570. The summed E-state index contributed by atoms with van der Waals surface area (Å²) in [6.07, 6.45) is 0. The van der Waals surface area contributed by atoms with Crippen molar-refractivity contribution < 1.29 is 17.9 Å². The Labute approximate surface area is 174 Å². The van der Waals surface area contributed by atoms with Crippen LogP contribution >= 0.6 is 0 Å². The zero-order valence-corrected chi connectivity index (χ0v) is 17.7. The number of ether oxygens (including phenoxy) is 2. The number of aromatic amines is 1. The third-order valence-electron chi connectivity index (χ3n) is 4.45. The second kappa shape index (κ2) is 9.10. The predicted molar refractivity (Wildman–Crippen MR) is 113 cm³/mol. The van der Waals surface area contributed by atoms with Crippen molar-refractivity contribution in [3.05, 3.63) is 70.0 Å². The van der Waals surface area contributed by atoms with Crippen LogP contribution in [0, 0.1) is 6.92 Å². The number of sulfonamides is 1. The van der Waals surface area contributed by atoms with Gasteiger partial charge < -0.3 is 9.47 Å². The van der Waals surface area contributed by atoms with E-state index in [0.29, 0.717) is 34.9 Å². The highest BCUT2D eigenvalue weighted by atomic mass is 32.2. The molecule has 1 aromatic heterocycles. The fourth-order valence-corrected chi connectivity index (χ4v) is 4.20. The summed E-state index contributed by atoms with van der Waals surface area (Å²) in [7, 11) is -2.24. The number of nitrogens with zero attached hydrogens (tertiary/aromatic N) is 1. The lowest BCUT2D eigenvalue weighted by Crippen LogP contribution is -2.24. The molecule has 1 heterocycles. The van der Waals surface area contributed by atoms with Crippen molar-refractivity contribution in [2.45, 2.75) is 25.3 Å². The first-order chi connectivity index (χ1) is 14.3. The number of aryl methyl sites for hydroxylation is 1. The van der Waals surface area contributed by atoms with E-state index >= 15 is 0 Å². The minimum Gasteiger partial charge on any atom is -0.493 e. The Kier molecular flexibility index (Phi) is 6.53. The van der Waals surface area contributed by atoms with Crippen molar-refractivity contribution >= 4 is 10.0 Å². The van der Waals surface area contributed by atoms with Gasteiger partial charge in [0, 0.05) is 18.2 Å². The Morgan fingerprint density at radius 3 is 2.53 bits per heavy atom. The number of methoxy groups -OCH3 is 1. The third-order valence-corrected chi connectivity index (χ3v) is 5.99. The standard InChI is InChI=1S/C21H23N3O5S/c1-4-29-19-11-15(6-9-18(19)28-3)13-22-30(26,27)20-12-16(7-5-14(20)2)17-8-10-21(25)24-23-17/h5-12,22H,4,13H2,1-3H3,(H,24,25). The molecule has 3 aromatic rings. The molecule has 0 aliphatic heterocycles. The number of hydrogen-bond acceptors (Lipinski definition) is 6. The van der Waals surface area contributed by atoms with Gasteiger partial charge >= 0.3 is 0 Å². The molecule has 0 atom stereocenters. The Balaban J connectivity index is 1.85. The van der Waals surface area contributed by atoms with E-state index < -0.39 is 10.0 Å². The molecule has 0 saturated heterocycles. The summed E-state index contributed by atoms with van der Waals surface area (Å²) >= 11 is 0. The lowest BCUT2D eigenvalue weighted by Gasteiger charge is -2.13.